The molecule has 1 aliphatic carbocycles. The van der Waals surface area contributed by atoms with Gasteiger partial charge in [-0.1, -0.05) is 66.2 Å². The molecule has 3 aromatic carbocycles. The Morgan fingerprint density at radius 2 is 1.38 bits per heavy atom. The lowest BCUT2D eigenvalue weighted by Crippen LogP contribution is -2.07. The number of carbonyl (C=O) groups is 1. The Balaban J connectivity index is 1.77. The molecule has 5 nitrogen and oxygen atoms in total. The molecular formula is C23H14ClN3O2. The molecule has 0 saturated carbocycles. The summed E-state index contributed by atoms with van der Waals surface area (Å²) in [5.74, 6) is 0.477. The third kappa shape index (κ3) is 2.75. The van der Waals surface area contributed by atoms with E-state index in [1.54, 1.807) is 41.0 Å². The van der Waals surface area contributed by atoms with Gasteiger partial charge in [0.1, 0.15) is 11.3 Å². The Morgan fingerprint density at radius 3 is 2.07 bits per heavy atom. The molecule has 0 unspecified atom stereocenters. The first-order valence-electron chi connectivity index (χ1n) is 8.99. The van der Waals surface area contributed by atoms with Crippen molar-refractivity contribution in [2.75, 3.05) is 0 Å². The number of allylic oxidation sites excluding steroid dienone is 1. The largest absolute Gasteiger partial charge is 0.506 e. The number of nitrogens with zero attached hydrogens (tertiary/aromatic N) is 3. The minimum absolute atomic E-state index is 0.0900. The third-order valence-electron chi connectivity index (χ3n) is 4.89. The second-order valence-electron chi connectivity index (χ2n) is 6.62. The molecule has 0 fully saturated rings. The number of halogens is 1. The van der Waals surface area contributed by atoms with Crippen LogP contribution in [0, 0.1) is 0 Å². The molecule has 0 radical (unpaired) electrons. The van der Waals surface area contributed by atoms with Crippen LogP contribution in [0.3, 0.4) is 0 Å². The normalized spacial score (nSPS) is 13.1. The summed E-state index contributed by atoms with van der Waals surface area (Å²) >= 11 is 6.06. The van der Waals surface area contributed by atoms with Gasteiger partial charge in [-0.05, 0) is 24.3 Å². The molecule has 1 N–H and O–H groups in total. The molecule has 0 spiro atoms. The van der Waals surface area contributed by atoms with Crippen molar-refractivity contribution in [1.82, 2.24) is 14.8 Å². The minimum atomic E-state index is -0.277. The van der Waals surface area contributed by atoms with Gasteiger partial charge in [0.25, 0.3) is 0 Å². The highest BCUT2D eigenvalue weighted by Crippen LogP contribution is 2.38. The van der Waals surface area contributed by atoms with Crippen LogP contribution in [0.25, 0.3) is 28.4 Å². The van der Waals surface area contributed by atoms with Crippen LogP contribution in [0.15, 0.2) is 78.9 Å². The van der Waals surface area contributed by atoms with Crippen molar-refractivity contribution in [2.45, 2.75) is 0 Å². The van der Waals surface area contributed by atoms with Crippen LogP contribution in [-0.2, 0) is 0 Å². The highest BCUT2D eigenvalue weighted by Gasteiger charge is 2.34. The average Bonchev–Trinajstić information content (AvgIpc) is 3.29. The lowest BCUT2D eigenvalue weighted by molar-refractivity contribution is 0.105. The fraction of sp³-hybridized carbons (Fsp3) is 0. The quantitative estimate of drug-likeness (QED) is 0.513. The van der Waals surface area contributed by atoms with Gasteiger partial charge in [-0.2, -0.15) is 0 Å². The fourth-order valence-electron chi connectivity index (χ4n) is 3.53. The second kappa shape index (κ2) is 6.72. The van der Waals surface area contributed by atoms with Gasteiger partial charge in [-0.15, -0.1) is 10.2 Å². The van der Waals surface area contributed by atoms with E-state index in [-0.39, 0.29) is 22.9 Å². The summed E-state index contributed by atoms with van der Waals surface area (Å²) < 4.78 is 1.76. The van der Waals surface area contributed by atoms with Crippen molar-refractivity contribution in [2.24, 2.45) is 0 Å². The molecule has 1 aromatic heterocycles. The van der Waals surface area contributed by atoms with Crippen LogP contribution < -0.4 is 0 Å². The lowest BCUT2D eigenvalue weighted by Gasteiger charge is -2.11. The molecule has 4 aromatic rings. The number of carbonyl (C=O) groups excluding carboxylic acids is 1. The highest BCUT2D eigenvalue weighted by molar-refractivity contribution is 6.38. The van der Waals surface area contributed by atoms with Gasteiger partial charge in [0.05, 0.1) is 0 Å². The fourth-order valence-corrected chi connectivity index (χ4v) is 3.65. The van der Waals surface area contributed by atoms with E-state index in [0.29, 0.717) is 22.0 Å². The van der Waals surface area contributed by atoms with E-state index in [4.69, 9.17) is 11.6 Å². The Kier molecular flexibility index (Phi) is 4.03. The topological polar surface area (TPSA) is 68.0 Å². The van der Waals surface area contributed by atoms with E-state index in [1.807, 2.05) is 42.5 Å². The Bertz CT molecular complexity index is 1280. The molecule has 5 rings (SSSR count). The molecular weight excluding hydrogens is 386 g/mol. The number of aromatic nitrogens is 3. The van der Waals surface area contributed by atoms with Gasteiger partial charge in [0.2, 0.25) is 5.78 Å². The van der Waals surface area contributed by atoms with Crippen LogP contribution in [-0.4, -0.2) is 25.7 Å². The summed E-state index contributed by atoms with van der Waals surface area (Å²) in [4.78, 5) is 13.1. The van der Waals surface area contributed by atoms with E-state index in [1.165, 1.54) is 0 Å². The molecule has 0 amide bonds. The molecule has 29 heavy (non-hydrogen) atoms. The van der Waals surface area contributed by atoms with Gasteiger partial charge in [-0.3, -0.25) is 9.36 Å². The number of hydrogen-bond donors (Lipinski definition) is 1. The van der Waals surface area contributed by atoms with Gasteiger partial charge in [-0.25, -0.2) is 0 Å². The maximum atomic E-state index is 13.1. The maximum Gasteiger partial charge on any atom is 0.201 e. The summed E-state index contributed by atoms with van der Waals surface area (Å²) in [7, 11) is 0. The molecule has 1 heterocycles. The molecule has 0 aliphatic heterocycles. The molecule has 140 valence electrons. The number of rotatable bonds is 3. The minimum Gasteiger partial charge on any atom is -0.506 e. The van der Waals surface area contributed by atoms with Gasteiger partial charge >= 0.3 is 0 Å². The van der Waals surface area contributed by atoms with E-state index in [2.05, 4.69) is 10.2 Å². The first-order chi connectivity index (χ1) is 14.1. The monoisotopic (exact) mass is 399 g/mol. The number of hydrogen-bond acceptors (Lipinski definition) is 4. The lowest BCUT2D eigenvalue weighted by atomic mass is 10.1. The summed E-state index contributed by atoms with van der Waals surface area (Å²) in [6.07, 6.45) is 0. The van der Waals surface area contributed by atoms with Crippen LogP contribution in [0.1, 0.15) is 21.7 Å². The maximum absolute atomic E-state index is 13.1. The van der Waals surface area contributed by atoms with Crippen molar-refractivity contribution in [1.29, 1.82) is 0 Å². The van der Waals surface area contributed by atoms with Crippen molar-refractivity contribution in [3.63, 3.8) is 0 Å². The van der Waals surface area contributed by atoms with Crippen molar-refractivity contribution in [3.05, 3.63) is 101 Å². The van der Waals surface area contributed by atoms with Gasteiger partial charge < -0.3 is 5.11 Å². The number of benzene rings is 3. The second-order valence-corrected chi connectivity index (χ2v) is 7.06. The van der Waals surface area contributed by atoms with Crippen LogP contribution in [0.5, 0.6) is 0 Å². The number of ketones is 1. The van der Waals surface area contributed by atoms with Crippen LogP contribution in [0.2, 0.25) is 5.02 Å². The summed E-state index contributed by atoms with van der Waals surface area (Å²) in [6, 6.07) is 23.7. The van der Waals surface area contributed by atoms with Crippen LogP contribution >= 0.6 is 11.6 Å². The summed E-state index contributed by atoms with van der Waals surface area (Å²) in [5.41, 5.74) is 2.66. The van der Waals surface area contributed by atoms with Gasteiger partial charge in [0.15, 0.2) is 11.6 Å². The molecule has 0 saturated heterocycles. The van der Waals surface area contributed by atoms with Gasteiger partial charge in [0, 0.05) is 27.4 Å². The summed E-state index contributed by atoms with van der Waals surface area (Å²) in [5, 5.41) is 20.1. The number of aliphatic hydroxyl groups is 1. The standard InChI is InChI=1S/C23H14ClN3O2/c24-15-10-12-16(13-11-15)27-22(14-6-2-1-3-7-14)25-26-23(27)19-20(28)17-8-4-5-9-18(17)21(19)29/h1-13,28H. The Labute approximate surface area is 171 Å². The zero-order valence-electron chi connectivity index (χ0n) is 15.1. The first-order valence-corrected chi connectivity index (χ1v) is 9.37. The molecule has 0 atom stereocenters. The van der Waals surface area contributed by atoms with E-state index >= 15 is 0 Å². The number of aliphatic hydroxyl groups excluding tert-OH is 1. The Morgan fingerprint density at radius 1 is 0.759 bits per heavy atom. The van der Waals surface area contributed by atoms with Crippen molar-refractivity contribution >= 4 is 28.7 Å². The smallest absolute Gasteiger partial charge is 0.201 e. The predicted octanol–water partition coefficient (Wildman–Crippen LogP) is 5.21. The third-order valence-corrected chi connectivity index (χ3v) is 5.15. The van der Waals surface area contributed by atoms with E-state index in [9.17, 15) is 9.90 Å². The highest BCUT2D eigenvalue weighted by atomic mass is 35.5. The van der Waals surface area contributed by atoms with Crippen molar-refractivity contribution in [3.8, 4) is 17.1 Å². The molecule has 0 bridgehead atoms. The van der Waals surface area contributed by atoms with E-state index < -0.39 is 0 Å². The van der Waals surface area contributed by atoms with Crippen molar-refractivity contribution < 1.29 is 9.90 Å². The van der Waals surface area contributed by atoms with Crippen LogP contribution in [0.4, 0.5) is 0 Å². The number of Topliss-reactive ketones (excluding diaryl/α,β-unsaturated/α-hetero) is 1. The zero-order valence-corrected chi connectivity index (χ0v) is 15.8. The molecule has 1 aliphatic rings. The predicted molar refractivity (Wildman–Crippen MR) is 112 cm³/mol. The Hall–Kier alpha value is -3.70. The first kappa shape index (κ1) is 17.4. The molecule has 6 heteroatoms. The summed E-state index contributed by atoms with van der Waals surface area (Å²) in [6.45, 7) is 0. The SMILES string of the molecule is O=C1C(c2nnc(-c3ccccc3)n2-c2ccc(Cl)cc2)=C(O)c2ccccc21. The van der Waals surface area contributed by atoms with E-state index in [0.717, 1.165) is 11.3 Å². The number of fused-ring (bicyclic) bond motifs is 1. The average molecular weight is 400 g/mol. The zero-order chi connectivity index (χ0) is 20.0.